The summed E-state index contributed by atoms with van der Waals surface area (Å²) in [6, 6.07) is 5.50. The van der Waals surface area contributed by atoms with Crippen molar-refractivity contribution in [1.29, 1.82) is 0 Å². The van der Waals surface area contributed by atoms with E-state index in [0.29, 0.717) is 12.2 Å². The highest BCUT2D eigenvalue weighted by Gasteiger charge is 2.12. The third-order valence-corrected chi connectivity index (χ3v) is 3.99. The fourth-order valence-corrected chi connectivity index (χ4v) is 2.52. The van der Waals surface area contributed by atoms with Crippen LogP contribution in [0.1, 0.15) is 56.3 Å². The predicted octanol–water partition coefficient (Wildman–Crippen LogP) is 2.63. The summed E-state index contributed by atoms with van der Waals surface area (Å²) in [4.78, 5) is 23.6. The van der Waals surface area contributed by atoms with Gasteiger partial charge in [-0.15, -0.1) is 0 Å². The predicted molar refractivity (Wildman–Crippen MR) is 93.4 cm³/mol. The van der Waals surface area contributed by atoms with Crippen molar-refractivity contribution >= 4 is 11.7 Å². The second kappa shape index (κ2) is 11.6. The van der Waals surface area contributed by atoms with Crippen molar-refractivity contribution in [3.63, 3.8) is 0 Å². The van der Waals surface area contributed by atoms with Gasteiger partial charge in [0, 0.05) is 18.6 Å². The molecule has 0 fully saturated rings. The molecule has 1 aromatic carbocycles. The highest BCUT2D eigenvalue weighted by atomic mass is 16.6. The molecule has 0 radical (unpaired) electrons. The van der Waals surface area contributed by atoms with Crippen LogP contribution < -0.4 is 4.90 Å². The van der Waals surface area contributed by atoms with Gasteiger partial charge < -0.3 is 9.64 Å². The van der Waals surface area contributed by atoms with Gasteiger partial charge in [-0.05, 0) is 25.0 Å². The Hall–Kier alpha value is -1.95. The smallest absolute Gasteiger partial charge is 0.338 e. The standard InChI is InChI=1S/C18H28N2O4/c1-3-5-12-19(13-6-4-2)14-7-15-24-18(21)16-8-10-17(11-9-16)20(22)23/h8-11H,3-7,12-15H2,1-2H3/p+1. The van der Waals surface area contributed by atoms with E-state index in [9.17, 15) is 14.9 Å². The van der Waals surface area contributed by atoms with Gasteiger partial charge in [-0.25, -0.2) is 4.79 Å². The van der Waals surface area contributed by atoms with Crippen LogP contribution in [-0.2, 0) is 4.74 Å². The minimum absolute atomic E-state index is 0.0300. The zero-order valence-corrected chi connectivity index (χ0v) is 14.8. The average Bonchev–Trinajstić information content (AvgIpc) is 2.60. The Morgan fingerprint density at radius 3 is 2.08 bits per heavy atom. The molecule has 0 atom stereocenters. The maximum absolute atomic E-state index is 11.9. The molecule has 0 unspecified atom stereocenters. The zero-order chi connectivity index (χ0) is 17.8. The lowest BCUT2D eigenvalue weighted by molar-refractivity contribution is -0.900. The van der Waals surface area contributed by atoms with Gasteiger partial charge in [0.05, 0.1) is 36.7 Å². The maximum Gasteiger partial charge on any atom is 0.338 e. The molecule has 0 aromatic heterocycles. The van der Waals surface area contributed by atoms with Crippen LogP contribution >= 0.6 is 0 Å². The molecule has 6 heteroatoms. The summed E-state index contributed by atoms with van der Waals surface area (Å²) in [5.41, 5.74) is 0.319. The molecule has 0 bridgehead atoms. The van der Waals surface area contributed by atoms with Crippen molar-refractivity contribution in [2.24, 2.45) is 0 Å². The van der Waals surface area contributed by atoms with Crippen molar-refractivity contribution in [2.75, 3.05) is 26.2 Å². The fraction of sp³-hybridized carbons (Fsp3) is 0.611. The highest BCUT2D eigenvalue weighted by Crippen LogP contribution is 2.12. The number of unbranched alkanes of at least 4 members (excludes halogenated alkanes) is 2. The summed E-state index contributed by atoms with van der Waals surface area (Å²) in [5, 5.41) is 10.6. The Labute approximate surface area is 143 Å². The molecule has 0 aliphatic heterocycles. The van der Waals surface area contributed by atoms with E-state index in [1.165, 1.54) is 63.0 Å². The molecule has 0 saturated heterocycles. The number of rotatable bonds is 12. The number of hydrogen-bond donors (Lipinski definition) is 1. The Balaban J connectivity index is 2.33. The second-order valence-electron chi connectivity index (χ2n) is 6.00. The van der Waals surface area contributed by atoms with Crippen molar-refractivity contribution in [1.82, 2.24) is 0 Å². The lowest BCUT2D eigenvalue weighted by Gasteiger charge is -2.19. The Morgan fingerprint density at radius 1 is 1.04 bits per heavy atom. The second-order valence-corrected chi connectivity index (χ2v) is 6.00. The number of esters is 1. The summed E-state index contributed by atoms with van der Waals surface area (Å²) in [7, 11) is 0. The third-order valence-electron chi connectivity index (χ3n) is 3.99. The Morgan fingerprint density at radius 2 is 1.58 bits per heavy atom. The number of benzene rings is 1. The number of hydrogen-bond acceptors (Lipinski definition) is 4. The number of carbonyl (C=O) groups is 1. The first-order chi connectivity index (χ1) is 11.6. The molecule has 0 saturated carbocycles. The van der Waals surface area contributed by atoms with Gasteiger partial charge in [0.1, 0.15) is 0 Å². The summed E-state index contributed by atoms with van der Waals surface area (Å²) in [5.74, 6) is -0.423. The molecule has 1 N–H and O–H groups in total. The average molecular weight is 337 g/mol. The number of nitrogens with one attached hydrogen (secondary N) is 1. The summed E-state index contributed by atoms with van der Waals surface area (Å²) < 4.78 is 5.27. The van der Waals surface area contributed by atoms with Gasteiger partial charge >= 0.3 is 5.97 Å². The molecule has 6 nitrogen and oxygen atoms in total. The van der Waals surface area contributed by atoms with Crippen LogP contribution in [0.2, 0.25) is 0 Å². The van der Waals surface area contributed by atoms with Gasteiger partial charge in [-0.1, -0.05) is 26.7 Å². The van der Waals surface area contributed by atoms with Gasteiger partial charge in [0.2, 0.25) is 0 Å². The van der Waals surface area contributed by atoms with Gasteiger partial charge in [0.25, 0.3) is 5.69 Å². The number of nitrogens with zero attached hydrogens (tertiary/aromatic N) is 1. The first-order valence-electron chi connectivity index (χ1n) is 8.83. The van der Waals surface area contributed by atoms with E-state index in [4.69, 9.17) is 4.74 Å². The highest BCUT2D eigenvalue weighted by molar-refractivity contribution is 5.89. The van der Waals surface area contributed by atoms with Gasteiger partial charge in [0.15, 0.2) is 0 Å². The number of non-ortho nitro benzene ring substituents is 1. The molecular weight excluding hydrogens is 308 g/mol. The largest absolute Gasteiger partial charge is 0.462 e. The number of ether oxygens (including phenoxy) is 1. The molecule has 1 aromatic rings. The Kier molecular flexibility index (Phi) is 9.68. The summed E-state index contributed by atoms with van der Waals surface area (Å²) in [6.07, 6.45) is 5.68. The third kappa shape index (κ3) is 7.55. The lowest BCUT2D eigenvalue weighted by atomic mass is 10.2. The van der Waals surface area contributed by atoms with Crippen molar-refractivity contribution in [3.8, 4) is 0 Å². The SMILES string of the molecule is CCCC[NH+](CCCC)CCCOC(=O)c1ccc([N+](=O)[O-])cc1. The molecule has 0 amide bonds. The Bertz CT molecular complexity index is 494. The zero-order valence-electron chi connectivity index (χ0n) is 14.8. The van der Waals surface area contributed by atoms with Crippen LogP contribution in [0.3, 0.4) is 0 Å². The quantitative estimate of drug-likeness (QED) is 0.275. The van der Waals surface area contributed by atoms with Crippen LogP contribution in [0.4, 0.5) is 5.69 Å². The molecule has 134 valence electrons. The van der Waals surface area contributed by atoms with E-state index in [0.717, 1.165) is 13.0 Å². The van der Waals surface area contributed by atoms with E-state index >= 15 is 0 Å². The summed E-state index contributed by atoms with van der Waals surface area (Å²) in [6.45, 7) is 8.14. The van der Waals surface area contributed by atoms with E-state index < -0.39 is 10.9 Å². The lowest BCUT2D eigenvalue weighted by Crippen LogP contribution is -3.12. The fourth-order valence-electron chi connectivity index (χ4n) is 2.52. The number of carbonyl (C=O) groups excluding carboxylic acids is 1. The van der Waals surface area contributed by atoms with Crippen LogP contribution in [0.15, 0.2) is 24.3 Å². The first-order valence-corrected chi connectivity index (χ1v) is 8.83. The minimum Gasteiger partial charge on any atom is -0.462 e. The molecule has 0 heterocycles. The maximum atomic E-state index is 11.9. The van der Waals surface area contributed by atoms with E-state index in [1.807, 2.05) is 0 Å². The monoisotopic (exact) mass is 337 g/mol. The molecule has 0 aliphatic carbocycles. The molecule has 1 rings (SSSR count). The van der Waals surface area contributed by atoms with E-state index in [1.54, 1.807) is 4.90 Å². The normalized spacial score (nSPS) is 10.8. The molecule has 24 heavy (non-hydrogen) atoms. The van der Waals surface area contributed by atoms with E-state index in [-0.39, 0.29) is 5.69 Å². The van der Waals surface area contributed by atoms with Crippen LogP contribution in [-0.4, -0.2) is 37.1 Å². The number of quaternary nitrogens is 1. The van der Waals surface area contributed by atoms with Crippen LogP contribution in [0.25, 0.3) is 0 Å². The van der Waals surface area contributed by atoms with Crippen LogP contribution in [0, 0.1) is 10.1 Å². The van der Waals surface area contributed by atoms with Crippen molar-refractivity contribution in [3.05, 3.63) is 39.9 Å². The molecule has 0 spiro atoms. The van der Waals surface area contributed by atoms with Crippen molar-refractivity contribution in [2.45, 2.75) is 46.0 Å². The van der Waals surface area contributed by atoms with Crippen molar-refractivity contribution < 1.29 is 19.4 Å². The first kappa shape index (κ1) is 20.1. The molecular formula is C18H29N2O4+. The summed E-state index contributed by atoms with van der Waals surface area (Å²) >= 11 is 0. The minimum atomic E-state index is -0.487. The van der Waals surface area contributed by atoms with E-state index in [2.05, 4.69) is 13.8 Å². The van der Waals surface area contributed by atoms with Gasteiger partial charge in [-0.3, -0.25) is 10.1 Å². The molecule has 0 aliphatic rings. The van der Waals surface area contributed by atoms with Gasteiger partial charge in [-0.2, -0.15) is 0 Å². The topological polar surface area (TPSA) is 73.9 Å². The van der Waals surface area contributed by atoms with Crippen LogP contribution in [0.5, 0.6) is 0 Å². The number of nitro benzene ring substituents is 1. The number of nitro groups is 1.